The Morgan fingerprint density at radius 2 is 1.73 bits per heavy atom. The smallest absolute Gasteiger partial charge is 0.200 e. The lowest BCUT2D eigenvalue weighted by molar-refractivity contribution is 0.878. The first-order chi connectivity index (χ1) is 10.6. The second kappa shape index (κ2) is 4.83. The fraction of sp³-hybridized carbons (Fsp3) is 0. The lowest BCUT2D eigenvalue weighted by atomic mass is 10.1. The van der Waals surface area contributed by atoms with Crippen LogP contribution >= 0.6 is 23.2 Å². The molecular formula is C15H9Cl2N5. The van der Waals surface area contributed by atoms with E-state index in [2.05, 4.69) is 15.3 Å². The Labute approximate surface area is 135 Å². The number of benzene rings is 2. The molecule has 0 aliphatic carbocycles. The third-order valence-corrected chi connectivity index (χ3v) is 3.85. The summed E-state index contributed by atoms with van der Waals surface area (Å²) in [4.78, 5) is 4.61. The van der Waals surface area contributed by atoms with Crippen molar-refractivity contribution >= 4 is 45.6 Å². The lowest BCUT2D eigenvalue weighted by Crippen LogP contribution is -1.97. The minimum absolute atomic E-state index is 0.278. The number of hydrogen-bond donors (Lipinski definition) is 1. The number of rotatable bonds is 1. The van der Waals surface area contributed by atoms with Crippen LogP contribution in [0.25, 0.3) is 27.8 Å². The predicted molar refractivity (Wildman–Crippen MR) is 88.2 cm³/mol. The summed E-state index contributed by atoms with van der Waals surface area (Å²) in [6.07, 6.45) is 0. The Kier molecular flexibility index (Phi) is 2.92. The van der Waals surface area contributed by atoms with E-state index in [9.17, 15) is 0 Å². The predicted octanol–water partition coefficient (Wildman–Crippen LogP) is 3.83. The highest BCUT2D eigenvalue weighted by Crippen LogP contribution is 2.32. The van der Waals surface area contributed by atoms with Gasteiger partial charge in [0.25, 0.3) is 0 Å². The van der Waals surface area contributed by atoms with Gasteiger partial charge in [-0.3, -0.25) is 0 Å². The summed E-state index contributed by atoms with van der Waals surface area (Å²) < 4.78 is 1.63. The highest BCUT2D eigenvalue weighted by molar-refractivity contribution is 6.35. The van der Waals surface area contributed by atoms with Crippen molar-refractivity contribution in [1.29, 1.82) is 0 Å². The summed E-state index contributed by atoms with van der Waals surface area (Å²) >= 11 is 12.2. The van der Waals surface area contributed by atoms with Gasteiger partial charge in [-0.05, 0) is 24.3 Å². The molecule has 2 N–H and O–H groups in total. The molecule has 0 bridgehead atoms. The van der Waals surface area contributed by atoms with Crippen molar-refractivity contribution in [3.63, 3.8) is 0 Å². The van der Waals surface area contributed by atoms with Gasteiger partial charge >= 0.3 is 0 Å². The van der Waals surface area contributed by atoms with Crippen molar-refractivity contribution in [2.24, 2.45) is 0 Å². The third-order valence-electron chi connectivity index (χ3n) is 3.41. The largest absolute Gasteiger partial charge is 0.379 e. The van der Waals surface area contributed by atoms with Gasteiger partial charge in [0.2, 0.25) is 5.65 Å². The molecule has 0 amide bonds. The number of fused-ring (bicyclic) bond motifs is 3. The molecule has 0 atom stereocenters. The lowest BCUT2D eigenvalue weighted by Gasteiger charge is -2.08. The molecule has 4 rings (SSSR count). The van der Waals surface area contributed by atoms with Crippen molar-refractivity contribution in [3.8, 4) is 11.3 Å². The minimum Gasteiger partial charge on any atom is -0.379 e. The van der Waals surface area contributed by atoms with E-state index in [0.29, 0.717) is 15.7 Å². The Morgan fingerprint density at radius 1 is 1.00 bits per heavy atom. The van der Waals surface area contributed by atoms with Crippen LogP contribution < -0.4 is 5.73 Å². The van der Waals surface area contributed by atoms with Gasteiger partial charge in [-0.25, -0.2) is 4.98 Å². The standard InChI is InChI=1S/C15H9Cl2N5/c16-9-5-8(6-10(17)7-9)13-11-3-1-2-4-12(11)22-15(19-13)14(18)20-21-22/h1-7H,18H2. The number of nitrogens with two attached hydrogens (primary N) is 1. The van der Waals surface area contributed by atoms with E-state index in [1.165, 1.54) is 0 Å². The van der Waals surface area contributed by atoms with Crippen LogP contribution in [0.15, 0.2) is 42.5 Å². The molecule has 2 aromatic heterocycles. The second-order valence-corrected chi connectivity index (χ2v) is 5.72. The maximum absolute atomic E-state index is 6.11. The van der Waals surface area contributed by atoms with Crippen molar-refractivity contribution in [3.05, 3.63) is 52.5 Å². The van der Waals surface area contributed by atoms with E-state index < -0.39 is 0 Å². The molecule has 108 valence electrons. The molecule has 0 fully saturated rings. The van der Waals surface area contributed by atoms with Crippen LogP contribution in [0.5, 0.6) is 0 Å². The third kappa shape index (κ3) is 1.98. The van der Waals surface area contributed by atoms with Crippen LogP contribution in [0.4, 0.5) is 5.82 Å². The number of nitrogen functional groups attached to an aromatic ring is 1. The van der Waals surface area contributed by atoms with Gasteiger partial charge in [-0.2, -0.15) is 4.52 Å². The average Bonchev–Trinajstić information content (AvgIpc) is 2.87. The van der Waals surface area contributed by atoms with Crippen LogP contribution in [0, 0.1) is 0 Å². The maximum atomic E-state index is 6.11. The van der Waals surface area contributed by atoms with E-state index in [0.717, 1.165) is 22.2 Å². The van der Waals surface area contributed by atoms with Crippen molar-refractivity contribution < 1.29 is 0 Å². The Morgan fingerprint density at radius 3 is 2.50 bits per heavy atom. The molecule has 0 saturated carbocycles. The van der Waals surface area contributed by atoms with Crippen molar-refractivity contribution in [1.82, 2.24) is 19.8 Å². The van der Waals surface area contributed by atoms with E-state index in [1.807, 2.05) is 36.4 Å². The van der Waals surface area contributed by atoms with Gasteiger partial charge in [-0.1, -0.05) is 46.6 Å². The molecule has 0 aliphatic heterocycles. The first-order valence-electron chi connectivity index (χ1n) is 6.49. The van der Waals surface area contributed by atoms with Crippen LogP contribution in [0.3, 0.4) is 0 Å². The molecule has 4 aromatic rings. The number of halogens is 2. The molecular weight excluding hydrogens is 321 g/mol. The number of anilines is 1. The van der Waals surface area contributed by atoms with Gasteiger partial charge in [0.15, 0.2) is 5.82 Å². The van der Waals surface area contributed by atoms with Crippen molar-refractivity contribution in [2.45, 2.75) is 0 Å². The van der Waals surface area contributed by atoms with E-state index in [4.69, 9.17) is 28.9 Å². The molecule has 5 nitrogen and oxygen atoms in total. The Hall–Kier alpha value is -2.37. The number of para-hydroxylation sites is 1. The fourth-order valence-corrected chi connectivity index (χ4v) is 3.02. The first-order valence-corrected chi connectivity index (χ1v) is 7.25. The SMILES string of the molecule is Nc1nnn2c1nc(-c1cc(Cl)cc(Cl)c1)c1ccccc12. The highest BCUT2D eigenvalue weighted by atomic mass is 35.5. The molecule has 2 heterocycles. The number of aromatic nitrogens is 4. The average molecular weight is 330 g/mol. The summed E-state index contributed by atoms with van der Waals surface area (Å²) in [5, 5.41) is 9.95. The summed E-state index contributed by atoms with van der Waals surface area (Å²) in [5.41, 5.74) is 8.79. The van der Waals surface area contributed by atoms with Gasteiger partial charge in [0, 0.05) is 21.0 Å². The van der Waals surface area contributed by atoms with E-state index in [-0.39, 0.29) is 5.82 Å². The second-order valence-electron chi connectivity index (χ2n) is 4.85. The number of nitrogens with zero attached hydrogens (tertiary/aromatic N) is 4. The molecule has 0 radical (unpaired) electrons. The molecule has 0 aliphatic rings. The minimum atomic E-state index is 0.278. The zero-order valence-electron chi connectivity index (χ0n) is 11.2. The van der Waals surface area contributed by atoms with Gasteiger partial charge in [0.05, 0.1) is 11.2 Å². The highest BCUT2D eigenvalue weighted by Gasteiger charge is 2.14. The molecule has 0 spiro atoms. The Bertz CT molecular complexity index is 1000. The van der Waals surface area contributed by atoms with Crippen LogP contribution in [0.2, 0.25) is 10.0 Å². The topological polar surface area (TPSA) is 69.1 Å². The summed E-state index contributed by atoms with van der Waals surface area (Å²) in [7, 11) is 0. The van der Waals surface area contributed by atoms with Crippen LogP contribution in [-0.2, 0) is 0 Å². The summed E-state index contributed by atoms with van der Waals surface area (Å²) in [5.74, 6) is 0.278. The first kappa shape index (κ1) is 13.3. The molecule has 7 heteroatoms. The quantitative estimate of drug-likeness (QED) is 0.576. The zero-order valence-corrected chi connectivity index (χ0v) is 12.7. The monoisotopic (exact) mass is 329 g/mol. The number of hydrogen-bond acceptors (Lipinski definition) is 4. The maximum Gasteiger partial charge on any atom is 0.200 e. The van der Waals surface area contributed by atoms with Crippen LogP contribution in [-0.4, -0.2) is 19.8 Å². The van der Waals surface area contributed by atoms with Gasteiger partial charge in [0.1, 0.15) is 0 Å². The molecule has 0 unspecified atom stereocenters. The molecule has 0 saturated heterocycles. The molecule has 22 heavy (non-hydrogen) atoms. The molecule has 2 aromatic carbocycles. The van der Waals surface area contributed by atoms with E-state index in [1.54, 1.807) is 10.6 Å². The van der Waals surface area contributed by atoms with Gasteiger partial charge in [-0.15, -0.1) is 5.10 Å². The van der Waals surface area contributed by atoms with Crippen LogP contribution in [0.1, 0.15) is 0 Å². The van der Waals surface area contributed by atoms with Gasteiger partial charge < -0.3 is 5.73 Å². The normalized spacial score (nSPS) is 11.4. The fourth-order valence-electron chi connectivity index (χ4n) is 2.49. The summed E-state index contributed by atoms with van der Waals surface area (Å²) in [6, 6.07) is 13.1. The zero-order chi connectivity index (χ0) is 15.3. The summed E-state index contributed by atoms with van der Waals surface area (Å²) in [6.45, 7) is 0. The van der Waals surface area contributed by atoms with E-state index >= 15 is 0 Å². The Balaban J connectivity index is 2.17. The van der Waals surface area contributed by atoms with Crippen molar-refractivity contribution in [2.75, 3.05) is 5.73 Å².